The minimum atomic E-state index is -0.960. The highest BCUT2D eigenvalue weighted by Crippen LogP contribution is 2.13. The molecule has 5 heteroatoms. The number of carbonyl (C=O) groups is 1. The van der Waals surface area contributed by atoms with Crippen molar-refractivity contribution in [2.45, 2.75) is 18.9 Å². The van der Waals surface area contributed by atoms with E-state index in [-0.39, 0.29) is 11.7 Å². The van der Waals surface area contributed by atoms with Crippen LogP contribution in [0.5, 0.6) is 0 Å². The number of hydrogen-bond acceptors (Lipinski definition) is 4. The Hall–Kier alpha value is -1.62. The predicted octanol–water partition coefficient (Wildman–Crippen LogP) is 1.37. The van der Waals surface area contributed by atoms with Crippen molar-refractivity contribution in [1.82, 2.24) is 4.98 Å². The van der Waals surface area contributed by atoms with Crippen LogP contribution in [0.4, 0.5) is 5.82 Å². The van der Waals surface area contributed by atoms with Gasteiger partial charge in [-0.2, -0.15) is 0 Å². The van der Waals surface area contributed by atoms with E-state index in [0.717, 1.165) is 26.0 Å². The average molecular weight is 222 g/mol. The summed E-state index contributed by atoms with van der Waals surface area (Å²) in [5, 5.41) is 11.8. The van der Waals surface area contributed by atoms with Crippen LogP contribution in [0.15, 0.2) is 18.3 Å². The Morgan fingerprint density at radius 2 is 2.50 bits per heavy atom. The number of nitrogens with zero attached hydrogens (tertiary/aromatic N) is 1. The van der Waals surface area contributed by atoms with Crippen molar-refractivity contribution in [2.24, 2.45) is 0 Å². The molecule has 0 aliphatic carbocycles. The summed E-state index contributed by atoms with van der Waals surface area (Å²) in [4.78, 5) is 14.6. The van der Waals surface area contributed by atoms with E-state index >= 15 is 0 Å². The Labute approximate surface area is 93.5 Å². The first-order valence-corrected chi connectivity index (χ1v) is 5.30. The molecule has 0 amide bonds. The Morgan fingerprint density at radius 3 is 3.06 bits per heavy atom. The summed E-state index contributed by atoms with van der Waals surface area (Å²) in [7, 11) is 0. The van der Waals surface area contributed by atoms with Gasteiger partial charge in [0.05, 0.1) is 11.7 Å². The number of aromatic carboxylic acids is 1. The van der Waals surface area contributed by atoms with Gasteiger partial charge in [-0.3, -0.25) is 0 Å². The van der Waals surface area contributed by atoms with Crippen LogP contribution in [-0.2, 0) is 4.74 Å². The van der Waals surface area contributed by atoms with Crippen molar-refractivity contribution in [3.63, 3.8) is 0 Å². The molecule has 0 bridgehead atoms. The lowest BCUT2D eigenvalue weighted by Crippen LogP contribution is -2.18. The molecule has 1 aliphatic rings. The van der Waals surface area contributed by atoms with E-state index in [0.29, 0.717) is 5.82 Å². The van der Waals surface area contributed by atoms with E-state index in [1.165, 1.54) is 12.3 Å². The Bertz CT molecular complexity index is 358. The molecule has 1 aromatic rings. The minimum absolute atomic E-state index is 0.197. The quantitative estimate of drug-likeness (QED) is 0.805. The smallest absolute Gasteiger partial charge is 0.337 e. The highest BCUT2D eigenvalue weighted by molar-refractivity contribution is 5.87. The molecule has 0 aromatic carbocycles. The summed E-state index contributed by atoms with van der Waals surface area (Å²) < 4.78 is 5.45. The maximum absolute atomic E-state index is 10.6. The molecule has 1 fully saturated rings. The fourth-order valence-electron chi connectivity index (χ4n) is 1.65. The Kier molecular flexibility index (Phi) is 3.36. The van der Waals surface area contributed by atoms with E-state index in [1.807, 2.05) is 0 Å². The fraction of sp³-hybridized carbons (Fsp3) is 0.455. The first kappa shape index (κ1) is 10.9. The molecule has 0 spiro atoms. The van der Waals surface area contributed by atoms with Crippen molar-refractivity contribution < 1.29 is 14.6 Å². The standard InChI is InChI=1S/C11H14N2O3/c14-11(15)8-3-4-10(12-6-8)13-7-9-2-1-5-16-9/h3-4,6,9H,1-2,5,7H2,(H,12,13)(H,14,15). The van der Waals surface area contributed by atoms with Crippen LogP contribution in [0.2, 0.25) is 0 Å². The molecule has 5 nitrogen and oxygen atoms in total. The van der Waals surface area contributed by atoms with Gasteiger partial charge in [-0.15, -0.1) is 0 Å². The third kappa shape index (κ3) is 2.70. The molecular formula is C11H14N2O3. The SMILES string of the molecule is O=C(O)c1ccc(NCC2CCCO2)nc1. The number of hydrogen-bond donors (Lipinski definition) is 2. The summed E-state index contributed by atoms with van der Waals surface area (Å²) in [6.07, 6.45) is 3.78. The summed E-state index contributed by atoms with van der Waals surface area (Å²) >= 11 is 0. The van der Waals surface area contributed by atoms with Gasteiger partial charge in [0.2, 0.25) is 0 Å². The number of ether oxygens (including phenoxy) is 1. The molecule has 0 radical (unpaired) electrons. The maximum atomic E-state index is 10.6. The van der Waals surface area contributed by atoms with Crippen LogP contribution in [0.25, 0.3) is 0 Å². The fourth-order valence-corrected chi connectivity index (χ4v) is 1.65. The second kappa shape index (κ2) is 4.94. The molecule has 2 rings (SSSR count). The zero-order valence-corrected chi connectivity index (χ0v) is 8.85. The summed E-state index contributed by atoms with van der Waals surface area (Å²) in [5.74, 6) is -0.279. The van der Waals surface area contributed by atoms with Gasteiger partial charge >= 0.3 is 5.97 Å². The highest BCUT2D eigenvalue weighted by atomic mass is 16.5. The molecule has 0 saturated carbocycles. The lowest BCUT2D eigenvalue weighted by atomic mass is 10.2. The first-order valence-electron chi connectivity index (χ1n) is 5.30. The van der Waals surface area contributed by atoms with Gasteiger partial charge in [-0.05, 0) is 25.0 Å². The van der Waals surface area contributed by atoms with Crippen LogP contribution >= 0.6 is 0 Å². The number of anilines is 1. The molecule has 86 valence electrons. The first-order chi connectivity index (χ1) is 7.75. The van der Waals surface area contributed by atoms with E-state index in [2.05, 4.69) is 10.3 Å². The lowest BCUT2D eigenvalue weighted by Gasteiger charge is -2.10. The predicted molar refractivity (Wildman–Crippen MR) is 58.7 cm³/mol. The van der Waals surface area contributed by atoms with Gasteiger partial charge < -0.3 is 15.2 Å². The number of aromatic nitrogens is 1. The number of nitrogens with one attached hydrogen (secondary N) is 1. The summed E-state index contributed by atoms with van der Waals surface area (Å²) in [6.45, 7) is 1.55. The van der Waals surface area contributed by atoms with Crippen molar-refractivity contribution in [2.75, 3.05) is 18.5 Å². The van der Waals surface area contributed by atoms with Crippen LogP contribution < -0.4 is 5.32 Å². The molecule has 1 atom stereocenters. The topological polar surface area (TPSA) is 71.5 Å². The molecule has 1 aromatic heterocycles. The van der Waals surface area contributed by atoms with Gasteiger partial charge in [0, 0.05) is 19.3 Å². The van der Waals surface area contributed by atoms with Crippen molar-refractivity contribution >= 4 is 11.8 Å². The van der Waals surface area contributed by atoms with Crippen LogP contribution in [0.1, 0.15) is 23.2 Å². The van der Waals surface area contributed by atoms with E-state index < -0.39 is 5.97 Å². The summed E-state index contributed by atoms with van der Waals surface area (Å²) in [6, 6.07) is 3.20. The summed E-state index contributed by atoms with van der Waals surface area (Å²) in [5.41, 5.74) is 0.197. The second-order valence-electron chi connectivity index (χ2n) is 3.75. The van der Waals surface area contributed by atoms with Crippen molar-refractivity contribution in [3.05, 3.63) is 23.9 Å². The molecule has 2 heterocycles. The van der Waals surface area contributed by atoms with E-state index in [4.69, 9.17) is 9.84 Å². The molecule has 1 unspecified atom stereocenters. The highest BCUT2D eigenvalue weighted by Gasteiger charge is 2.14. The van der Waals surface area contributed by atoms with Gasteiger partial charge in [-0.1, -0.05) is 0 Å². The molecule has 1 saturated heterocycles. The van der Waals surface area contributed by atoms with Crippen molar-refractivity contribution in [1.29, 1.82) is 0 Å². The number of rotatable bonds is 4. The Morgan fingerprint density at radius 1 is 1.62 bits per heavy atom. The maximum Gasteiger partial charge on any atom is 0.337 e. The second-order valence-corrected chi connectivity index (χ2v) is 3.75. The zero-order chi connectivity index (χ0) is 11.4. The minimum Gasteiger partial charge on any atom is -0.478 e. The average Bonchev–Trinajstić information content (AvgIpc) is 2.80. The normalized spacial score (nSPS) is 19.6. The largest absolute Gasteiger partial charge is 0.478 e. The third-order valence-corrected chi connectivity index (χ3v) is 2.55. The monoisotopic (exact) mass is 222 g/mol. The number of pyridine rings is 1. The van der Waals surface area contributed by atoms with Crippen LogP contribution in [0.3, 0.4) is 0 Å². The molecule has 2 N–H and O–H groups in total. The van der Waals surface area contributed by atoms with Crippen molar-refractivity contribution in [3.8, 4) is 0 Å². The van der Waals surface area contributed by atoms with Gasteiger partial charge in [0.25, 0.3) is 0 Å². The number of carboxylic acids is 1. The van der Waals surface area contributed by atoms with E-state index in [9.17, 15) is 4.79 Å². The molecule has 1 aliphatic heterocycles. The molecule has 16 heavy (non-hydrogen) atoms. The molecular weight excluding hydrogens is 208 g/mol. The lowest BCUT2D eigenvalue weighted by molar-refractivity contribution is 0.0696. The van der Waals surface area contributed by atoms with Gasteiger partial charge in [0.15, 0.2) is 0 Å². The number of carboxylic acid groups (broad SMARTS) is 1. The van der Waals surface area contributed by atoms with Crippen LogP contribution in [0, 0.1) is 0 Å². The third-order valence-electron chi connectivity index (χ3n) is 2.55. The zero-order valence-electron chi connectivity index (χ0n) is 8.85. The van der Waals surface area contributed by atoms with Crippen LogP contribution in [-0.4, -0.2) is 35.3 Å². The van der Waals surface area contributed by atoms with E-state index in [1.54, 1.807) is 6.07 Å². The Balaban J connectivity index is 1.87. The van der Waals surface area contributed by atoms with Gasteiger partial charge in [-0.25, -0.2) is 9.78 Å². The van der Waals surface area contributed by atoms with Gasteiger partial charge in [0.1, 0.15) is 5.82 Å².